The first-order valence-electron chi connectivity index (χ1n) is 7.83. The van der Waals surface area contributed by atoms with Gasteiger partial charge in [0, 0.05) is 0 Å². The van der Waals surface area contributed by atoms with Gasteiger partial charge in [0.1, 0.15) is 0 Å². The minimum Gasteiger partial charge on any atom is -0.0999 e. The number of hydrogen-bond donors (Lipinski definition) is 0. The summed E-state index contributed by atoms with van der Waals surface area (Å²) in [6, 6.07) is 0. The molecule has 0 spiro atoms. The summed E-state index contributed by atoms with van der Waals surface area (Å²) in [5.41, 5.74) is 2.65. The molecule has 0 aliphatic heterocycles. The average Bonchev–Trinajstić information content (AvgIpc) is 2.12. The lowest BCUT2D eigenvalue weighted by molar-refractivity contribution is 0.00224. The van der Waals surface area contributed by atoms with Crippen LogP contribution in [0.25, 0.3) is 0 Å². The van der Waals surface area contributed by atoms with Gasteiger partial charge in [0.15, 0.2) is 0 Å². The lowest BCUT2D eigenvalue weighted by Crippen LogP contribution is -2.41. The van der Waals surface area contributed by atoms with E-state index in [-0.39, 0.29) is 0 Å². The van der Waals surface area contributed by atoms with Crippen LogP contribution in [-0.2, 0) is 0 Å². The number of rotatable bonds is 6. The van der Waals surface area contributed by atoms with Gasteiger partial charge in [0.05, 0.1) is 0 Å². The first-order valence-corrected chi connectivity index (χ1v) is 7.83. The van der Waals surface area contributed by atoms with Gasteiger partial charge in [-0.2, -0.15) is 0 Å². The van der Waals surface area contributed by atoms with E-state index >= 15 is 0 Å². The Morgan fingerprint density at radius 3 is 1.47 bits per heavy atom. The Labute approximate surface area is 123 Å². The maximum absolute atomic E-state index is 4.22. The Hall–Kier alpha value is -0.260. The highest BCUT2D eigenvalue weighted by Gasteiger charge is 2.44. The van der Waals surface area contributed by atoms with E-state index < -0.39 is 0 Å². The summed E-state index contributed by atoms with van der Waals surface area (Å²) < 4.78 is 0. The van der Waals surface area contributed by atoms with Crippen LogP contribution in [0.4, 0.5) is 0 Å². The third-order valence-electron chi connectivity index (χ3n) is 5.94. The van der Waals surface area contributed by atoms with E-state index in [9.17, 15) is 0 Å². The van der Waals surface area contributed by atoms with Crippen molar-refractivity contribution in [2.75, 3.05) is 0 Å². The van der Waals surface area contributed by atoms with Crippen LogP contribution >= 0.6 is 0 Å². The zero-order valence-electron chi connectivity index (χ0n) is 15.3. The molecule has 0 fully saturated rings. The van der Waals surface area contributed by atoms with Crippen LogP contribution in [0.3, 0.4) is 0 Å². The van der Waals surface area contributed by atoms with E-state index in [0.29, 0.717) is 21.7 Å². The highest BCUT2D eigenvalue weighted by Crippen LogP contribution is 2.54. The minimum atomic E-state index is 0.294. The number of allylic oxidation sites excluding steroid dienone is 1. The van der Waals surface area contributed by atoms with Crippen LogP contribution in [0.15, 0.2) is 12.2 Å². The van der Waals surface area contributed by atoms with Gasteiger partial charge < -0.3 is 0 Å². The van der Waals surface area contributed by atoms with Gasteiger partial charge in [-0.05, 0) is 40.9 Å². The lowest BCUT2D eigenvalue weighted by atomic mass is 9.55. The molecule has 114 valence electrons. The zero-order valence-corrected chi connectivity index (χ0v) is 15.3. The van der Waals surface area contributed by atoms with Crippen molar-refractivity contribution < 1.29 is 0 Å². The fourth-order valence-electron chi connectivity index (χ4n) is 2.60. The van der Waals surface area contributed by atoms with Gasteiger partial charge in [0.2, 0.25) is 0 Å². The quantitative estimate of drug-likeness (QED) is 0.461. The third kappa shape index (κ3) is 4.65. The Morgan fingerprint density at radius 2 is 1.16 bits per heavy atom. The second kappa shape index (κ2) is 5.62. The standard InChI is InChI=1S/C19H38/c1-12-15(2)13-17(6,7)19(10,11)14-18(8,9)16(3,4)5/h2,12-14H2,1,3-11H3. The molecule has 0 aromatic rings. The van der Waals surface area contributed by atoms with Gasteiger partial charge in [0.25, 0.3) is 0 Å². The summed E-state index contributed by atoms with van der Waals surface area (Å²) in [6.07, 6.45) is 3.48. The normalized spacial score (nSPS) is 14.6. The maximum atomic E-state index is 4.22. The fourth-order valence-corrected chi connectivity index (χ4v) is 2.60. The molecule has 0 aromatic carbocycles. The molecule has 0 nitrogen and oxygen atoms in total. The van der Waals surface area contributed by atoms with Crippen molar-refractivity contribution in [3.05, 3.63) is 12.2 Å². The number of hydrogen-bond acceptors (Lipinski definition) is 0. The molecule has 0 radical (unpaired) electrons. The van der Waals surface area contributed by atoms with Crippen LogP contribution in [0, 0.1) is 21.7 Å². The van der Waals surface area contributed by atoms with Crippen molar-refractivity contribution in [2.24, 2.45) is 21.7 Å². The summed E-state index contributed by atoms with van der Waals surface area (Å²) in [7, 11) is 0. The highest BCUT2D eigenvalue weighted by molar-refractivity contribution is 5.03. The molecule has 0 rings (SSSR count). The molecule has 0 heteroatoms. The first kappa shape index (κ1) is 18.7. The molecule has 0 aliphatic rings. The van der Waals surface area contributed by atoms with E-state index in [4.69, 9.17) is 0 Å². The zero-order chi connectivity index (χ0) is 15.7. The van der Waals surface area contributed by atoms with Crippen LogP contribution < -0.4 is 0 Å². The van der Waals surface area contributed by atoms with E-state index in [1.54, 1.807) is 0 Å². The molecule has 0 bridgehead atoms. The summed E-state index contributed by atoms with van der Waals surface area (Å²) in [5, 5.41) is 0. The van der Waals surface area contributed by atoms with Crippen molar-refractivity contribution in [2.45, 2.75) is 88.5 Å². The summed E-state index contributed by atoms with van der Waals surface area (Å²) >= 11 is 0. The Morgan fingerprint density at radius 1 is 0.737 bits per heavy atom. The molecule has 0 heterocycles. The molecule has 19 heavy (non-hydrogen) atoms. The summed E-state index contributed by atoms with van der Waals surface area (Å²) in [4.78, 5) is 0. The van der Waals surface area contributed by atoms with Crippen molar-refractivity contribution in [3.63, 3.8) is 0 Å². The smallest absolute Gasteiger partial charge is 0.0266 e. The van der Waals surface area contributed by atoms with E-state index in [1.165, 1.54) is 12.0 Å². The van der Waals surface area contributed by atoms with Crippen molar-refractivity contribution in [1.82, 2.24) is 0 Å². The fraction of sp³-hybridized carbons (Fsp3) is 0.895. The van der Waals surface area contributed by atoms with Gasteiger partial charge in [-0.3, -0.25) is 0 Å². The monoisotopic (exact) mass is 266 g/mol. The van der Waals surface area contributed by atoms with E-state index in [0.717, 1.165) is 12.8 Å². The Bertz CT molecular complexity index is 307. The first-order chi connectivity index (χ1) is 8.16. The molecule has 0 amide bonds. The second-order valence-corrected chi connectivity index (χ2v) is 9.36. The van der Waals surface area contributed by atoms with Crippen LogP contribution in [0.2, 0.25) is 0 Å². The van der Waals surface area contributed by atoms with E-state index in [1.807, 2.05) is 0 Å². The summed E-state index contributed by atoms with van der Waals surface area (Å²) in [5.74, 6) is 0. The lowest BCUT2D eigenvalue weighted by Gasteiger charge is -2.50. The van der Waals surface area contributed by atoms with Crippen molar-refractivity contribution in [1.29, 1.82) is 0 Å². The minimum absolute atomic E-state index is 0.294. The largest absolute Gasteiger partial charge is 0.0999 e. The van der Waals surface area contributed by atoms with Crippen LogP contribution in [0.5, 0.6) is 0 Å². The van der Waals surface area contributed by atoms with Gasteiger partial charge >= 0.3 is 0 Å². The average molecular weight is 267 g/mol. The van der Waals surface area contributed by atoms with Gasteiger partial charge in [-0.1, -0.05) is 81.4 Å². The van der Waals surface area contributed by atoms with Gasteiger partial charge in [-0.15, -0.1) is 0 Å². The topological polar surface area (TPSA) is 0 Å². The van der Waals surface area contributed by atoms with Crippen LogP contribution in [0.1, 0.15) is 88.5 Å². The van der Waals surface area contributed by atoms with Gasteiger partial charge in [-0.25, -0.2) is 0 Å². The second-order valence-electron chi connectivity index (χ2n) is 9.36. The molecule has 0 aliphatic carbocycles. The molecule has 0 N–H and O–H groups in total. The van der Waals surface area contributed by atoms with Crippen LogP contribution in [-0.4, -0.2) is 0 Å². The Balaban J connectivity index is 5.12. The predicted octanol–water partition coefficient (Wildman–Crippen LogP) is 6.86. The van der Waals surface area contributed by atoms with E-state index in [2.05, 4.69) is 75.8 Å². The molecule has 0 atom stereocenters. The molecule has 0 aromatic heterocycles. The maximum Gasteiger partial charge on any atom is -0.0266 e. The molecule has 0 saturated heterocycles. The molecular weight excluding hydrogens is 228 g/mol. The molecule has 0 saturated carbocycles. The highest BCUT2D eigenvalue weighted by atomic mass is 14.5. The van der Waals surface area contributed by atoms with Crippen molar-refractivity contribution >= 4 is 0 Å². The van der Waals surface area contributed by atoms with Crippen molar-refractivity contribution in [3.8, 4) is 0 Å². The predicted molar refractivity (Wildman–Crippen MR) is 89.5 cm³/mol. The third-order valence-corrected chi connectivity index (χ3v) is 5.94. The summed E-state index contributed by atoms with van der Waals surface area (Å²) in [6.45, 7) is 28.0. The molecule has 0 unspecified atom stereocenters. The molecular formula is C19H38. The Kier molecular flexibility index (Phi) is 5.54. The SMILES string of the molecule is C=C(CC)CC(C)(C)C(C)(C)CC(C)(C)C(C)(C)C.